The average Bonchev–Trinajstić information content (AvgIpc) is 2.18. The molecule has 0 saturated heterocycles. The van der Waals surface area contributed by atoms with E-state index in [-0.39, 0.29) is 17.1 Å². The van der Waals surface area contributed by atoms with Crippen molar-refractivity contribution < 1.29 is 9.90 Å². The third kappa shape index (κ3) is 3.29. The number of phenolic OH excluding ortho intramolecular Hbond substituents is 1. The number of allylic oxidation sites excluding steroid dienone is 1. The summed E-state index contributed by atoms with van der Waals surface area (Å²) in [5.41, 5.74) is 0.209. The average molecular weight is 226 g/mol. The van der Waals surface area contributed by atoms with Crippen molar-refractivity contribution in [1.29, 1.82) is 0 Å². The molecule has 0 heterocycles. The highest BCUT2D eigenvalue weighted by molar-refractivity contribution is 6.31. The minimum atomic E-state index is -0.274. The van der Waals surface area contributed by atoms with Crippen molar-refractivity contribution in [2.45, 2.75) is 0 Å². The monoisotopic (exact) mass is 225 g/mol. The summed E-state index contributed by atoms with van der Waals surface area (Å²) in [5.74, 6) is -0.337. The van der Waals surface area contributed by atoms with Crippen molar-refractivity contribution in [3.05, 3.63) is 41.1 Å². The Hall–Kier alpha value is -1.48. The van der Waals surface area contributed by atoms with Gasteiger partial charge in [-0.2, -0.15) is 0 Å². The summed E-state index contributed by atoms with van der Waals surface area (Å²) in [7, 11) is 3.61. The number of carbonyl (C=O) groups is 1. The standard InChI is InChI=1S/C11H12ClNO2/c1-13(2)6-5-11(15)9-7-8(12)3-4-10(9)14/h3-7,14H,1-2H3. The molecule has 3 nitrogen and oxygen atoms in total. The van der Waals surface area contributed by atoms with Gasteiger partial charge in [0.15, 0.2) is 5.78 Å². The first kappa shape index (κ1) is 11.6. The summed E-state index contributed by atoms with van der Waals surface area (Å²) in [6.45, 7) is 0. The van der Waals surface area contributed by atoms with Crippen molar-refractivity contribution >= 4 is 17.4 Å². The van der Waals surface area contributed by atoms with E-state index in [0.29, 0.717) is 5.02 Å². The van der Waals surface area contributed by atoms with Crippen LogP contribution in [-0.4, -0.2) is 29.9 Å². The van der Waals surface area contributed by atoms with Crippen LogP contribution in [0.3, 0.4) is 0 Å². The molecule has 0 saturated carbocycles. The first-order valence-electron chi connectivity index (χ1n) is 4.38. The Kier molecular flexibility index (Phi) is 3.74. The molecule has 0 atom stereocenters. The lowest BCUT2D eigenvalue weighted by molar-refractivity contribution is 0.104. The minimum Gasteiger partial charge on any atom is -0.507 e. The van der Waals surface area contributed by atoms with E-state index in [1.165, 1.54) is 24.3 Å². The number of rotatable bonds is 3. The number of hydrogen-bond acceptors (Lipinski definition) is 3. The topological polar surface area (TPSA) is 40.5 Å². The number of benzene rings is 1. The molecular weight excluding hydrogens is 214 g/mol. The number of phenols is 1. The van der Waals surface area contributed by atoms with Crippen LogP contribution >= 0.6 is 11.6 Å². The van der Waals surface area contributed by atoms with Crippen molar-refractivity contribution in [1.82, 2.24) is 4.90 Å². The van der Waals surface area contributed by atoms with Crippen LogP contribution in [0.15, 0.2) is 30.5 Å². The fourth-order valence-corrected chi connectivity index (χ4v) is 1.18. The van der Waals surface area contributed by atoms with E-state index in [9.17, 15) is 9.90 Å². The van der Waals surface area contributed by atoms with Gasteiger partial charge in [0, 0.05) is 31.4 Å². The van der Waals surface area contributed by atoms with E-state index in [2.05, 4.69) is 0 Å². The molecule has 1 rings (SSSR count). The van der Waals surface area contributed by atoms with Crippen molar-refractivity contribution in [3.63, 3.8) is 0 Å². The van der Waals surface area contributed by atoms with Crippen LogP contribution in [0.4, 0.5) is 0 Å². The predicted octanol–water partition coefficient (Wildman–Crippen LogP) is 2.30. The highest BCUT2D eigenvalue weighted by Gasteiger charge is 2.08. The quantitative estimate of drug-likeness (QED) is 0.634. The van der Waals surface area contributed by atoms with Crippen molar-refractivity contribution in [3.8, 4) is 5.75 Å². The molecule has 0 aliphatic heterocycles. The van der Waals surface area contributed by atoms with Gasteiger partial charge in [-0.3, -0.25) is 4.79 Å². The Morgan fingerprint density at radius 3 is 2.73 bits per heavy atom. The maximum absolute atomic E-state index is 11.6. The summed E-state index contributed by atoms with van der Waals surface area (Å²) < 4.78 is 0. The molecular formula is C11H12ClNO2. The molecule has 0 aromatic heterocycles. The van der Waals surface area contributed by atoms with Gasteiger partial charge in [0.1, 0.15) is 5.75 Å². The summed E-state index contributed by atoms with van der Waals surface area (Å²) in [6.07, 6.45) is 2.99. The van der Waals surface area contributed by atoms with Gasteiger partial charge < -0.3 is 10.0 Å². The zero-order valence-corrected chi connectivity index (χ0v) is 9.32. The Bertz CT molecular complexity index is 400. The zero-order chi connectivity index (χ0) is 11.4. The molecule has 1 aromatic carbocycles. The van der Waals surface area contributed by atoms with E-state index in [1.807, 2.05) is 14.1 Å². The summed E-state index contributed by atoms with van der Waals surface area (Å²) >= 11 is 5.73. The number of halogens is 1. The van der Waals surface area contributed by atoms with Crippen LogP contribution in [0.5, 0.6) is 5.75 Å². The summed E-state index contributed by atoms with van der Waals surface area (Å²) in [4.78, 5) is 13.3. The smallest absolute Gasteiger partial charge is 0.191 e. The zero-order valence-electron chi connectivity index (χ0n) is 8.57. The molecule has 0 bridgehead atoms. The van der Waals surface area contributed by atoms with Crippen LogP contribution in [0.1, 0.15) is 10.4 Å². The van der Waals surface area contributed by atoms with Gasteiger partial charge in [-0.1, -0.05) is 11.6 Å². The van der Waals surface area contributed by atoms with Crippen LogP contribution in [0, 0.1) is 0 Å². The lowest BCUT2D eigenvalue weighted by Gasteiger charge is -2.04. The fraction of sp³-hybridized carbons (Fsp3) is 0.182. The van der Waals surface area contributed by atoms with Crippen LogP contribution in [0.25, 0.3) is 0 Å². The van der Waals surface area contributed by atoms with Crippen molar-refractivity contribution in [2.24, 2.45) is 0 Å². The Labute approximate surface area is 93.6 Å². The number of aromatic hydroxyl groups is 1. The van der Waals surface area contributed by atoms with E-state index in [1.54, 1.807) is 11.1 Å². The summed E-state index contributed by atoms with van der Waals surface area (Å²) in [6, 6.07) is 4.38. The van der Waals surface area contributed by atoms with Crippen molar-refractivity contribution in [2.75, 3.05) is 14.1 Å². The molecule has 1 aromatic rings. The van der Waals surface area contributed by atoms with Gasteiger partial charge in [-0.15, -0.1) is 0 Å². The maximum Gasteiger partial charge on any atom is 0.191 e. The molecule has 0 aliphatic carbocycles. The molecule has 0 radical (unpaired) electrons. The lowest BCUT2D eigenvalue weighted by Crippen LogP contribution is -2.03. The van der Waals surface area contributed by atoms with E-state index in [4.69, 9.17) is 11.6 Å². The summed E-state index contributed by atoms with van der Waals surface area (Å²) in [5, 5.41) is 9.87. The number of ketones is 1. The molecule has 1 N–H and O–H groups in total. The fourth-order valence-electron chi connectivity index (χ4n) is 1.01. The number of nitrogens with zero attached hydrogens (tertiary/aromatic N) is 1. The second kappa shape index (κ2) is 4.84. The highest BCUT2D eigenvalue weighted by atomic mass is 35.5. The molecule has 0 amide bonds. The highest BCUT2D eigenvalue weighted by Crippen LogP contribution is 2.22. The molecule has 0 spiro atoms. The van der Waals surface area contributed by atoms with Gasteiger partial charge in [0.05, 0.1) is 5.56 Å². The Balaban J connectivity index is 2.96. The second-order valence-electron chi connectivity index (χ2n) is 3.31. The van der Waals surface area contributed by atoms with Crippen LogP contribution < -0.4 is 0 Å². The van der Waals surface area contributed by atoms with Crippen LogP contribution in [0.2, 0.25) is 5.02 Å². The van der Waals surface area contributed by atoms with E-state index < -0.39 is 0 Å². The number of hydrogen-bond donors (Lipinski definition) is 1. The largest absolute Gasteiger partial charge is 0.507 e. The van der Waals surface area contributed by atoms with Gasteiger partial charge in [-0.05, 0) is 18.2 Å². The lowest BCUT2D eigenvalue weighted by atomic mass is 10.1. The van der Waals surface area contributed by atoms with Gasteiger partial charge >= 0.3 is 0 Å². The molecule has 4 heteroatoms. The normalized spacial score (nSPS) is 10.6. The maximum atomic E-state index is 11.6. The second-order valence-corrected chi connectivity index (χ2v) is 3.74. The van der Waals surface area contributed by atoms with Gasteiger partial charge in [0.25, 0.3) is 0 Å². The van der Waals surface area contributed by atoms with E-state index in [0.717, 1.165) is 0 Å². The number of carbonyl (C=O) groups excluding carboxylic acids is 1. The molecule has 0 unspecified atom stereocenters. The minimum absolute atomic E-state index is 0.0622. The third-order valence-corrected chi connectivity index (χ3v) is 1.98. The third-order valence-electron chi connectivity index (χ3n) is 1.75. The van der Waals surface area contributed by atoms with Gasteiger partial charge in [-0.25, -0.2) is 0 Å². The molecule has 15 heavy (non-hydrogen) atoms. The predicted molar refractivity (Wildman–Crippen MR) is 60.3 cm³/mol. The SMILES string of the molecule is CN(C)C=CC(=O)c1cc(Cl)ccc1O. The molecule has 0 fully saturated rings. The Morgan fingerprint density at radius 2 is 2.13 bits per heavy atom. The Morgan fingerprint density at radius 1 is 1.47 bits per heavy atom. The van der Waals surface area contributed by atoms with E-state index >= 15 is 0 Å². The first-order valence-corrected chi connectivity index (χ1v) is 4.76. The molecule has 0 aliphatic rings. The van der Waals surface area contributed by atoms with Gasteiger partial charge in [0.2, 0.25) is 0 Å². The first-order chi connectivity index (χ1) is 7.00. The molecule has 80 valence electrons. The van der Waals surface area contributed by atoms with Crippen LogP contribution in [-0.2, 0) is 0 Å².